The van der Waals surface area contributed by atoms with Gasteiger partial charge in [-0.05, 0) is 6.10 Å². The van der Waals surface area contributed by atoms with Crippen LogP contribution in [0.15, 0.2) is 0 Å². The third kappa shape index (κ3) is 8.82. The van der Waals surface area contributed by atoms with Crippen LogP contribution >= 0.6 is 0 Å². The Morgan fingerprint density at radius 1 is 1.67 bits per heavy atom. The Balaban J connectivity index is 0. The van der Waals surface area contributed by atoms with Gasteiger partial charge in [0, 0.05) is 6.61 Å². The van der Waals surface area contributed by atoms with Gasteiger partial charge in [-0.3, -0.25) is 0 Å². The van der Waals surface area contributed by atoms with Crippen LogP contribution in [0.1, 0.15) is 0 Å². The minimum Gasteiger partial charge on any atom is -0.423 e. The Bertz CT molecular complexity index is 22.8. The van der Waals surface area contributed by atoms with E-state index in [4.69, 9.17) is 10.2 Å². The van der Waals surface area contributed by atoms with Crippen LogP contribution in [0.4, 0.5) is 0 Å². The molecule has 0 aliphatic heterocycles. The summed E-state index contributed by atoms with van der Waals surface area (Å²) < 4.78 is 0. The fraction of sp³-hybridized carbons (Fsp3) is 0.667. The number of rotatable bonds is 1. The van der Waals surface area contributed by atoms with Gasteiger partial charge in [0.05, 0.1) is 0 Å². The van der Waals surface area contributed by atoms with Crippen LogP contribution in [0, 0.1) is 6.92 Å². The Hall–Kier alpha value is 0.517. The first kappa shape index (κ1) is 9.72. The van der Waals surface area contributed by atoms with Gasteiger partial charge in [-0.1, -0.05) is 0 Å². The molecule has 1 unspecified atom stereocenters. The summed E-state index contributed by atoms with van der Waals surface area (Å²) in [5, 5.41) is 15.8. The van der Waals surface area contributed by atoms with Crippen LogP contribution in [0.3, 0.4) is 0 Å². The van der Waals surface area contributed by atoms with Crippen molar-refractivity contribution in [1.82, 2.24) is 0 Å². The molecule has 0 aliphatic rings. The van der Waals surface area contributed by atoms with Crippen molar-refractivity contribution in [2.24, 2.45) is 0 Å². The second-order valence-electron chi connectivity index (χ2n) is 0.836. The van der Waals surface area contributed by atoms with E-state index in [0.29, 0.717) is 0 Å². The summed E-state index contributed by atoms with van der Waals surface area (Å²) in [6.45, 7) is 2.81. The molecule has 0 rings (SSSR count). The van der Waals surface area contributed by atoms with E-state index >= 15 is 0 Å². The Kier molecular flexibility index (Phi) is 8.94. The molecule has 32 valence electrons. The molecule has 0 aliphatic carbocycles. The summed E-state index contributed by atoms with van der Waals surface area (Å²) in [6, 6.07) is 0. The maximum Gasteiger partial charge on any atom is 1.00 e. The van der Waals surface area contributed by atoms with Crippen molar-refractivity contribution in [2.75, 3.05) is 6.61 Å². The first-order chi connectivity index (χ1) is 2.27. The van der Waals surface area contributed by atoms with E-state index in [9.17, 15) is 0 Å². The smallest absolute Gasteiger partial charge is 0.423 e. The van der Waals surface area contributed by atoms with Gasteiger partial charge in [0.15, 0.2) is 0 Å². The van der Waals surface area contributed by atoms with E-state index < -0.39 is 6.10 Å². The second kappa shape index (κ2) is 5.52. The molecular formula is C3H7LiO2. The fourth-order valence-corrected chi connectivity index (χ4v) is 0. The van der Waals surface area contributed by atoms with Gasteiger partial charge in [0.2, 0.25) is 0 Å². The molecule has 0 spiro atoms. The van der Waals surface area contributed by atoms with Gasteiger partial charge >= 0.3 is 18.9 Å². The number of aliphatic hydroxyl groups is 2. The fourth-order valence-electron chi connectivity index (χ4n) is 0. The van der Waals surface area contributed by atoms with Crippen molar-refractivity contribution in [1.29, 1.82) is 0 Å². The topological polar surface area (TPSA) is 40.5 Å². The quantitative estimate of drug-likeness (QED) is 0.251. The molecule has 0 saturated carbocycles. The van der Waals surface area contributed by atoms with E-state index in [1.54, 1.807) is 0 Å². The van der Waals surface area contributed by atoms with Gasteiger partial charge in [0.1, 0.15) is 0 Å². The van der Waals surface area contributed by atoms with Gasteiger partial charge in [-0.2, -0.15) is 0 Å². The van der Waals surface area contributed by atoms with E-state index in [1.807, 2.05) is 0 Å². The van der Waals surface area contributed by atoms with Gasteiger partial charge in [0.25, 0.3) is 0 Å². The van der Waals surface area contributed by atoms with E-state index in [0.717, 1.165) is 0 Å². The van der Waals surface area contributed by atoms with Crippen LogP contribution in [0.25, 0.3) is 0 Å². The van der Waals surface area contributed by atoms with Crippen LogP contribution in [-0.4, -0.2) is 22.9 Å². The predicted octanol–water partition coefficient (Wildman–Crippen LogP) is -3.82. The minimum absolute atomic E-state index is 0. The summed E-state index contributed by atoms with van der Waals surface area (Å²) in [5.74, 6) is 0. The second-order valence-corrected chi connectivity index (χ2v) is 0.836. The first-order valence-corrected chi connectivity index (χ1v) is 1.39. The zero-order valence-corrected chi connectivity index (χ0v) is 3.89. The Labute approximate surface area is 49.4 Å². The van der Waals surface area contributed by atoms with Crippen LogP contribution in [-0.2, 0) is 0 Å². The van der Waals surface area contributed by atoms with Gasteiger partial charge in [-0.15, -0.1) is 0 Å². The van der Waals surface area contributed by atoms with Gasteiger partial charge in [-0.25, -0.2) is 0 Å². The molecule has 3 heteroatoms. The third-order valence-corrected chi connectivity index (χ3v) is 0.211. The molecule has 0 aromatic carbocycles. The summed E-state index contributed by atoms with van der Waals surface area (Å²) in [4.78, 5) is 0. The van der Waals surface area contributed by atoms with E-state index in [-0.39, 0.29) is 25.5 Å². The maximum absolute atomic E-state index is 8.00. The van der Waals surface area contributed by atoms with Crippen molar-refractivity contribution < 1.29 is 29.1 Å². The SMILES string of the molecule is [CH2-]C(O)CO.[Li+]. The molecule has 0 radical (unpaired) electrons. The van der Waals surface area contributed by atoms with Crippen molar-refractivity contribution in [3.63, 3.8) is 0 Å². The molecule has 0 bridgehead atoms. The molecule has 1 atom stereocenters. The van der Waals surface area contributed by atoms with Crippen molar-refractivity contribution in [3.8, 4) is 0 Å². The summed E-state index contributed by atoms with van der Waals surface area (Å²) in [7, 11) is 0. The molecule has 6 heavy (non-hydrogen) atoms. The molecule has 0 saturated heterocycles. The molecule has 0 heterocycles. The van der Waals surface area contributed by atoms with Crippen LogP contribution < -0.4 is 18.9 Å². The monoisotopic (exact) mass is 82.1 g/mol. The first-order valence-electron chi connectivity index (χ1n) is 1.39. The average molecular weight is 82.0 g/mol. The standard InChI is InChI=1S/C3H7O2.Li/c1-3(5)2-4;/h3-5H,1-2H2;/q-1;+1. The van der Waals surface area contributed by atoms with Crippen molar-refractivity contribution >= 4 is 0 Å². The maximum atomic E-state index is 8.00. The van der Waals surface area contributed by atoms with Crippen molar-refractivity contribution in [2.45, 2.75) is 6.10 Å². The normalized spacial score (nSPS) is 12.5. The molecule has 0 fully saturated rings. The molecule has 2 nitrogen and oxygen atoms in total. The Morgan fingerprint density at radius 3 is 1.83 bits per heavy atom. The summed E-state index contributed by atoms with van der Waals surface area (Å²) in [6.07, 6.45) is -0.810. The number of hydrogen-bond donors (Lipinski definition) is 2. The van der Waals surface area contributed by atoms with Crippen LogP contribution in [0.2, 0.25) is 0 Å². The molecule has 0 aromatic heterocycles. The average Bonchev–Trinajstić information content (AvgIpc) is 1.38. The van der Waals surface area contributed by atoms with Gasteiger partial charge < -0.3 is 17.1 Å². The molecule has 0 amide bonds. The third-order valence-electron chi connectivity index (χ3n) is 0.211. The molecule has 2 N–H and O–H groups in total. The molecular weight excluding hydrogens is 75.0 g/mol. The Morgan fingerprint density at radius 2 is 1.83 bits per heavy atom. The number of aliphatic hydroxyl groups excluding tert-OH is 2. The van der Waals surface area contributed by atoms with Crippen molar-refractivity contribution in [3.05, 3.63) is 6.92 Å². The minimum atomic E-state index is -0.810. The van der Waals surface area contributed by atoms with Crippen LogP contribution in [0.5, 0.6) is 0 Å². The summed E-state index contributed by atoms with van der Waals surface area (Å²) >= 11 is 0. The number of hydrogen-bond acceptors (Lipinski definition) is 2. The van der Waals surface area contributed by atoms with E-state index in [2.05, 4.69) is 6.92 Å². The molecule has 0 aromatic rings. The van der Waals surface area contributed by atoms with E-state index in [1.165, 1.54) is 0 Å². The zero-order chi connectivity index (χ0) is 4.28. The predicted molar refractivity (Wildman–Crippen MR) is 18.4 cm³/mol. The zero-order valence-electron chi connectivity index (χ0n) is 3.89. The summed E-state index contributed by atoms with van der Waals surface area (Å²) in [5.41, 5.74) is 0. The largest absolute Gasteiger partial charge is 1.00 e.